The van der Waals surface area contributed by atoms with E-state index in [1.165, 1.54) is 10.4 Å². The van der Waals surface area contributed by atoms with Crippen molar-refractivity contribution in [3.63, 3.8) is 0 Å². The Hall–Kier alpha value is -2.17. The SMILES string of the molecule is C=CCN(CC=C)c1nc(Cl)nc2sc(C)c(-c3ccccc3)c12. The Morgan fingerprint density at radius 3 is 2.42 bits per heavy atom. The molecule has 0 bridgehead atoms. The van der Waals surface area contributed by atoms with Gasteiger partial charge in [0.25, 0.3) is 0 Å². The second-order valence-electron chi connectivity index (χ2n) is 5.38. The van der Waals surface area contributed by atoms with Crippen LogP contribution in [0, 0.1) is 6.92 Å². The molecule has 3 nitrogen and oxygen atoms in total. The fourth-order valence-electron chi connectivity index (χ4n) is 2.81. The van der Waals surface area contributed by atoms with Crippen LogP contribution < -0.4 is 4.90 Å². The molecule has 2 aromatic heterocycles. The van der Waals surface area contributed by atoms with Gasteiger partial charge in [0.1, 0.15) is 10.6 Å². The highest BCUT2D eigenvalue weighted by Gasteiger charge is 2.20. The normalized spacial score (nSPS) is 10.8. The molecule has 24 heavy (non-hydrogen) atoms. The van der Waals surface area contributed by atoms with Gasteiger partial charge in [-0.2, -0.15) is 4.98 Å². The number of thiophene rings is 1. The molecule has 0 aliphatic carbocycles. The zero-order valence-electron chi connectivity index (χ0n) is 13.5. The van der Waals surface area contributed by atoms with Crippen molar-refractivity contribution in [2.45, 2.75) is 6.92 Å². The molecule has 0 saturated carbocycles. The van der Waals surface area contributed by atoms with Crippen LogP contribution >= 0.6 is 22.9 Å². The Balaban J connectivity index is 2.32. The van der Waals surface area contributed by atoms with Gasteiger partial charge in [-0.25, -0.2) is 4.98 Å². The number of anilines is 1. The molecule has 0 radical (unpaired) electrons. The minimum atomic E-state index is 0.261. The fourth-order valence-corrected chi connectivity index (χ4v) is 4.06. The van der Waals surface area contributed by atoms with E-state index in [4.69, 9.17) is 11.6 Å². The maximum absolute atomic E-state index is 6.18. The number of nitrogens with zero attached hydrogens (tertiary/aromatic N) is 3. The van der Waals surface area contributed by atoms with E-state index in [1.807, 2.05) is 30.4 Å². The van der Waals surface area contributed by atoms with Gasteiger partial charge in [-0.3, -0.25) is 0 Å². The molecule has 5 heteroatoms. The summed E-state index contributed by atoms with van der Waals surface area (Å²) in [6, 6.07) is 10.3. The molecule has 3 rings (SSSR count). The molecule has 0 N–H and O–H groups in total. The standard InChI is InChI=1S/C19H18ClN3S/c1-4-11-23(12-5-2)17-16-15(14-9-7-6-8-10-14)13(3)24-18(16)22-19(20)21-17/h4-10H,1-2,11-12H2,3H3. The van der Waals surface area contributed by atoms with Gasteiger partial charge in [0.2, 0.25) is 5.28 Å². The minimum Gasteiger partial charge on any atom is -0.348 e. The topological polar surface area (TPSA) is 29.0 Å². The van der Waals surface area contributed by atoms with Crippen LogP contribution in [0.15, 0.2) is 55.6 Å². The third kappa shape index (κ3) is 3.07. The average Bonchev–Trinajstić information content (AvgIpc) is 2.90. The Labute approximate surface area is 150 Å². The highest BCUT2D eigenvalue weighted by atomic mass is 35.5. The Morgan fingerprint density at radius 1 is 1.12 bits per heavy atom. The van der Waals surface area contributed by atoms with E-state index in [9.17, 15) is 0 Å². The van der Waals surface area contributed by atoms with E-state index < -0.39 is 0 Å². The predicted octanol–water partition coefficient (Wildman–Crippen LogP) is 5.50. The zero-order valence-corrected chi connectivity index (χ0v) is 15.1. The molecular formula is C19H18ClN3S. The van der Waals surface area contributed by atoms with Gasteiger partial charge in [-0.15, -0.1) is 24.5 Å². The van der Waals surface area contributed by atoms with Gasteiger partial charge in [0.05, 0.1) is 5.39 Å². The molecular weight excluding hydrogens is 338 g/mol. The molecule has 0 aliphatic heterocycles. The molecule has 3 aromatic rings. The maximum Gasteiger partial charge on any atom is 0.225 e. The number of halogens is 1. The molecule has 0 unspecified atom stereocenters. The molecule has 0 aliphatic rings. The van der Waals surface area contributed by atoms with Crippen molar-refractivity contribution in [2.24, 2.45) is 0 Å². The lowest BCUT2D eigenvalue weighted by molar-refractivity contribution is 0.929. The van der Waals surface area contributed by atoms with Crippen molar-refractivity contribution in [3.05, 3.63) is 65.8 Å². The Bertz CT molecular complexity index is 877. The van der Waals surface area contributed by atoms with Crippen LogP contribution in [0.4, 0.5) is 5.82 Å². The average molecular weight is 356 g/mol. The highest BCUT2D eigenvalue weighted by molar-refractivity contribution is 7.19. The van der Waals surface area contributed by atoms with Crippen LogP contribution in [0.1, 0.15) is 4.88 Å². The third-order valence-corrected chi connectivity index (χ3v) is 4.91. The molecule has 0 fully saturated rings. The minimum absolute atomic E-state index is 0.261. The predicted molar refractivity (Wildman–Crippen MR) is 105 cm³/mol. The van der Waals surface area contributed by atoms with Crippen molar-refractivity contribution in [2.75, 3.05) is 18.0 Å². The monoisotopic (exact) mass is 355 g/mol. The first-order valence-electron chi connectivity index (χ1n) is 7.64. The van der Waals surface area contributed by atoms with Gasteiger partial charge in [-0.1, -0.05) is 42.5 Å². The summed E-state index contributed by atoms with van der Waals surface area (Å²) >= 11 is 7.82. The molecule has 1 aromatic carbocycles. The van der Waals surface area contributed by atoms with E-state index in [0.717, 1.165) is 21.6 Å². The summed E-state index contributed by atoms with van der Waals surface area (Å²) in [5.74, 6) is 0.827. The number of benzene rings is 1. The summed E-state index contributed by atoms with van der Waals surface area (Å²) in [5, 5.41) is 1.30. The largest absolute Gasteiger partial charge is 0.348 e. The van der Waals surface area contributed by atoms with E-state index in [1.54, 1.807) is 11.3 Å². The van der Waals surface area contributed by atoms with Gasteiger partial charge >= 0.3 is 0 Å². The van der Waals surface area contributed by atoms with Crippen molar-refractivity contribution < 1.29 is 0 Å². The Morgan fingerprint density at radius 2 is 1.79 bits per heavy atom. The van der Waals surface area contributed by atoms with Crippen molar-refractivity contribution >= 4 is 39.0 Å². The van der Waals surface area contributed by atoms with Crippen LogP contribution in [0.2, 0.25) is 5.28 Å². The van der Waals surface area contributed by atoms with Crippen molar-refractivity contribution in [1.82, 2.24) is 9.97 Å². The number of fused-ring (bicyclic) bond motifs is 1. The summed E-state index contributed by atoms with van der Waals surface area (Å²) in [4.78, 5) is 13.2. The van der Waals surface area contributed by atoms with E-state index in [-0.39, 0.29) is 5.28 Å². The maximum atomic E-state index is 6.18. The number of hydrogen-bond acceptors (Lipinski definition) is 4. The van der Waals surface area contributed by atoms with Crippen molar-refractivity contribution in [3.8, 4) is 11.1 Å². The lowest BCUT2D eigenvalue weighted by Crippen LogP contribution is -2.24. The first kappa shape index (κ1) is 16.7. The third-order valence-electron chi connectivity index (χ3n) is 3.74. The molecule has 122 valence electrons. The molecule has 2 heterocycles. The van der Waals surface area contributed by atoms with Gasteiger partial charge in [0.15, 0.2) is 0 Å². The number of aromatic nitrogens is 2. The molecule has 0 saturated heterocycles. The molecule has 0 spiro atoms. The highest BCUT2D eigenvalue weighted by Crippen LogP contribution is 2.42. The van der Waals surface area contributed by atoms with Gasteiger partial charge in [0, 0.05) is 23.5 Å². The number of hydrogen-bond donors (Lipinski definition) is 0. The second-order valence-corrected chi connectivity index (χ2v) is 6.92. The van der Waals surface area contributed by atoms with E-state index in [0.29, 0.717) is 13.1 Å². The lowest BCUT2D eigenvalue weighted by atomic mass is 10.0. The quantitative estimate of drug-likeness (QED) is 0.432. The fraction of sp³-hybridized carbons (Fsp3) is 0.158. The van der Waals surface area contributed by atoms with Crippen LogP contribution in [0.3, 0.4) is 0 Å². The second kappa shape index (κ2) is 7.16. The molecule has 0 atom stereocenters. The van der Waals surface area contributed by atoms with Crippen LogP contribution in [0.25, 0.3) is 21.3 Å². The molecule has 0 amide bonds. The first-order valence-corrected chi connectivity index (χ1v) is 8.84. The number of aryl methyl sites for hydroxylation is 1. The van der Waals surface area contributed by atoms with Crippen LogP contribution in [-0.4, -0.2) is 23.1 Å². The number of rotatable bonds is 6. The first-order chi connectivity index (χ1) is 11.7. The van der Waals surface area contributed by atoms with Gasteiger partial charge < -0.3 is 4.90 Å². The summed E-state index contributed by atoms with van der Waals surface area (Å²) in [7, 11) is 0. The smallest absolute Gasteiger partial charge is 0.225 e. The van der Waals surface area contributed by atoms with Crippen LogP contribution in [0.5, 0.6) is 0 Å². The summed E-state index contributed by atoms with van der Waals surface area (Å²) in [6.45, 7) is 11.1. The summed E-state index contributed by atoms with van der Waals surface area (Å²) in [6.07, 6.45) is 3.71. The van der Waals surface area contributed by atoms with E-state index in [2.05, 4.69) is 47.1 Å². The van der Waals surface area contributed by atoms with E-state index >= 15 is 0 Å². The summed E-state index contributed by atoms with van der Waals surface area (Å²) < 4.78 is 0. The van der Waals surface area contributed by atoms with Crippen molar-refractivity contribution in [1.29, 1.82) is 0 Å². The summed E-state index contributed by atoms with van der Waals surface area (Å²) in [5.41, 5.74) is 2.32. The van der Waals surface area contributed by atoms with Crippen LogP contribution in [-0.2, 0) is 0 Å². The lowest BCUT2D eigenvalue weighted by Gasteiger charge is -2.22. The Kier molecular flexibility index (Phi) is 4.97. The van der Waals surface area contributed by atoms with Gasteiger partial charge in [-0.05, 0) is 24.1 Å². The zero-order chi connectivity index (χ0) is 17.1.